The van der Waals surface area contributed by atoms with Gasteiger partial charge in [-0.1, -0.05) is 6.07 Å². The highest BCUT2D eigenvalue weighted by atomic mass is 16.6. The Morgan fingerprint density at radius 2 is 2.00 bits per heavy atom. The van der Waals surface area contributed by atoms with Crippen LogP contribution in [0.2, 0.25) is 0 Å². The highest BCUT2D eigenvalue weighted by Crippen LogP contribution is 2.31. The molecule has 2 heterocycles. The smallest absolute Gasteiger partial charge is 0.332 e. The van der Waals surface area contributed by atoms with Crippen LogP contribution in [0.4, 0.5) is 17.5 Å². The standard InChI is InChI=1S/C17H23N7O2/c18-12-6-4-11(5-7-12)9-14-15(24(25)26)16(19)23-17(22-14)21-10-13-3-1-2-8-20-13/h1-3,8,11-12H,4-7,9-10,18H2,(H3,19,21,22,23). The fourth-order valence-corrected chi connectivity index (χ4v) is 3.28. The van der Waals surface area contributed by atoms with Crippen molar-refractivity contribution in [2.24, 2.45) is 11.7 Å². The summed E-state index contributed by atoms with van der Waals surface area (Å²) < 4.78 is 0. The second kappa shape index (κ2) is 8.05. The van der Waals surface area contributed by atoms with Gasteiger partial charge in [0.05, 0.1) is 17.2 Å². The minimum Gasteiger partial charge on any atom is -0.378 e. The summed E-state index contributed by atoms with van der Waals surface area (Å²) in [4.78, 5) is 23.6. The fraction of sp³-hybridized carbons (Fsp3) is 0.471. The zero-order valence-electron chi connectivity index (χ0n) is 14.5. The Morgan fingerprint density at radius 1 is 1.23 bits per heavy atom. The summed E-state index contributed by atoms with van der Waals surface area (Å²) in [5.74, 6) is 0.490. The van der Waals surface area contributed by atoms with Gasteiger partial charge < -0.3 is 16.8 Å². The molecule has 0 amide bonds. The van der Waals surface area contributed by atoms with Gasteiger partial charge in [0.1, 0.15) is 5.69 Å². The van der Waals surface area contributed by atoms with Gasteiger partial charge in [-0.3, -0.25) is 15.1 Å². The van der Waals surface area contributed by atoms with Crippen molar-refractivity contribution < 1.29 is 4.92 Å². The molecule has 1 fully saturated rings. The molecule has 0 saturated heterocycles. The van der Waals surface area contributed by atoms with Crippen LogP contribution in [0.3, 0.4) is 0 Å². The third kappa shape index (κ3) is 4.42. The lowest BCUT2D eigenvalue weighted by Crippen LogP contribution is -2.27. The van der Waals surface area contributed by atoms with E-state index in [0.717, 1.165) is 31.4 Å². The third-order valence-electron chi connectivity index (χ3n) is 4.69. The molecular weight excluding hydrogens is 334 g/mol. The van der Waals surface area contributed by atoms with E-state index in [4.69, 9.17) is 11.5 Å². The van der Waals surface area contributed by atoms with Gasteiger partial charge in [-0.2, -0.15) is 4.98 Å². The molecule has 3 rings (SSSR count). The maximum Gasteiger partial charge on any atom is 0.332 e. The Balaban J connectivity index is 1.78. The van der Waals surface area contributed by atoms with Crippen LogP contribution in [-0.4, -0.2) is 25.9 Å². The zero-order chi connectivity index (χ0) is 18.5. The van der Waals surface area contributed by atoms with E-state index in [1.165, 1.54) is 0 Å². The summed E-state index contributed by atoms with van der Waals surface area (Å²) in [6.45, 7) is 0.413. The molecule has 1 aliphatic rings. The van der Waals surface area contributed by atoms with E-state index in [1.807, 2.05) is 18.2 Å². The molecule has 1 saturated carbocycles. The van der Waals surface area contributed by atoms with Gasteiger partial charge in [0.2, 0.25) is 11.8 Å². The Bertz CT molecular complexity index is 761. The summed E-state index contributed by atoms with van der Waals surface area (Å²) in [5, 5.41) is 14.5. The number of pyridine rings is 1. The van der Waals surface area contributed by atoms with E-state index in [-0.39, 0.29) is 23.5 Å². The fourth-order valence-electron chi connectivity index (χ4n) is 3.28. The van der Waals surface area contributed by atoms with Crippen molar-refractivity contribution in [3.8, 4) is 0 Å². The van der Waals surface area contributed by atoms with Crippen molar-refractivity contribution in [3.05, 3.63) is 45.9 Å². The lowest BCUT2D eigenvalue weighted by molar-refractivity contribution is -0.385. The number of nitrogens with one attached hydrogen (secondary N) is 1. The Morgan fingerprint density at radius 3 is 2.65 bits per heavy atom. The average molecular weight is 357 g/mol. The maximum absolute atomic E-state index is 11.4. The van der Waals surface area contributed by atoms with Crippen LogP contribution < -0.4 is 16.8 Å². The number of anilines is 2. The third-order valence-corrected chi connectivity index (χ3v) is 4.69. The van der Waals surface area contributed by atoms with Crippen molar-refractivity contribution >= 4 is 17.5 Å². The van der Waals surface area contributed by atoms with Crippen LogP contribution >= 0.6 is 0 Å². The van der Waals surface area contributed by atoms with Crippen LogP contribution in [0.1, 0.15) is 37.1 Å². The number of hydrogen-bond donors (Lipinski definition) is 3. The summed E-state index contributed by atoms with van der Waals surface area (Å²) in [6.07, 6.45) is 5.96. The number of hydrogen-bond acceptors (Lipinski definition) is 8. The van der Waals surface area contributed by atoms with Crippen molar-refractivity contribution in [1.29, 1.82) is 0 Å². The van der Waals surface area contributed by atoms with Gasteiger partial charge in [0.15, 0.2) is 0 Å². The molecule has 2 aromatic heterocycles. The molecule has 1 aliphatic carbocycles. The number of aromatic nitrogens is 3. The van der Waals surface area contributed by atoms with Crippen molar-refractivity contribution in [2.75, 3.05) is 11.1 Å². The predicted octanol–water partition coefficient (Wildman–Crippen LogP) is 2.03. The molecule has 138 valence electrons. The van der Waals surface area contributed by atoms with E-state index in [9.17, 15) is 10.1 Å². The predicted molar refractivity (Wildman–Crippen MR) is 98.3 cm³/mol. The highest BCUT2D eigenvalue weighted by molar-refractivity contribution is 5.58. The Kier molecular flexibility index (Phi) is 5.57. The molecule has 0 spiro atoms. The molecular formula is C17H23N7O2. The summed E-state index contributed by atoms with van der Waals surface area (Å²) in [6, 6.07) is 5.81. The molecule has 0 radical (unpaired) electrons. The SMILES string of the molecule is Nc1nc(NCc2ccccn2)nc(CC2CCC(N)CC2)c1[N+](=O)[O-]. The van der Waals surface area contributed by atoms with E-state index in [1.54, 1.807) is 6.20 Å². The first-order valence-corrected chi connectivity index (χ1v) is 8.73. The quantitative estimate of drug-likeness (QED) is 0.526. The number of nitro groups is 1. The molecule has 0 unspecified atom stereocenters. The van der Waals surface area contributed by atoms with E-state index in [0.29, 0.717) is 24.6 Å². The van der Waals surface area contributed by atoms with Crippen molar-refractivity contribution in [3.63, 3.8) is 0 Å². The second-order valence-electron chi connectivity index (χ2n) is 6.64. The molecule has 5 N–H and O–H groups in total. The monoisotopic (exact) mass is 357 g/mol. The van der Waals surface area contributed by atoms with Crippen LogP contribution in [0.15, 0.2) is 24.4 Å². The first-order chi connectivity index (χ1) is 12.5. The molecule has 0 atom stereocenters. The van der Waals surface area contributed by atoms with Crippen LogP contribution in [0, 0.1) is 16.0 Å². The summed E-state index contributed by atoms with van der Waals surface area (Å²) >= 11 is 0. The second-order valence-corrected chi connectivity index (χ2v) is 6.64. The number of nitrogen functional groups attached to an aromatic ring is 1. The minimum absolute atomic E-state index is 0.115. The van der Waals surface area contributed by atoms with Gasteiger partial charge in [-0.05, 0) is 50.2 Å². The first kappa shape index (κ1) is 18.0. The lowest BCUT2D eigenvalue weighted by atomic mass is 9.83. The van der Waals surface area contributed by atoms with Gasteiger partial charge >= 0.3 is 5.69 Å². The van der Waals surface area contributed by atoms with Crippen molar-refractivity contribution in [2.45, 2.75) is 44.7 Å². The van der Waals surface area contributed by atoms with Gasteiger partial charge in [0.25, 0.3) is 0 Å². The van der Waals surface area contributed by atoms with E-state index < -0.39 is 4.92 Å². The van der Waals surface area contributed by atoms with Crippen molar-refractivity contribution in [1.82, 2.24) is 15.0 Å². The maximum atomic E-state index is 11.4. The lowest BCUT2D eigenvalue weighted by Gasteiger charge is -2.25. The average Bonchev–Trinajstić information content (AvgIpc) is 2.62. The minimum atomic E-state index is -0.498. The van der Waals surface area contributed by atoms with E-state index >= 15 is 0 Å². The Hall–Kier alpha value is -2.81. The molecule has 0 aromatic carbocycles. The molecule has 26 heavy (non-hydrogen) atoms. The topological polar surface area (TPSA) is 146 Å². The molecule has 0 aliphatic heterocycles. The molecule has 9 heteroatoms. The van der Waals surface area contributed by atoms with Gasteiger partial charge in [0, 0.05) is 12.2 Å². The van der Waals surface area contributed by atoms with Gasteiger partial charge in [-0.25, -0.2) is 4.98 Å². The normalized spacial score (nSPS) is 19.9. The number of rotatable bonds is 6. The van der Waals surface area contributed by atoms with E-state index in [2.05, 4.69) is 20.3 Å². The summed E-state index contributed by atoms with van der Waals surface area (Å²) in [7, 11) is 0. The van der Waals surface area contributed by atoms with Gasteiger partial charge in [-0.15, -0.1) is 0 Å². The summed E-state index contributed by atoms with van der Waals surface area (Å²) in [5.41, 5.74) is 12.8. The Labute approximate surface area is 151 Å². The highest BCUT2D eigenvalue weighted by Gasteiger charge is 2.27. The molecule has 0 bridgehead atoms. The van der Waals surface area contributed by atoms with Crippen LogP contribution in [0.5, 0.6) is 0 Å². The van der Waals surface area contributed by atoms with Crippen LogP contribution in [0.25, 0.3) is 0 Å². The zero-order valence-corrected chi connectivity index (χ0v) is 14.5. The molecule has 9 nitrogen and oxygen atoms in total. The molecule has 2 aromatic rings. The number of nitrogens with two attached hydrogens (primary N) is 2. The largest absolute Gasteiger partial charge is 0.378 e. The van der Waals surface area contributed by atoms with Crippen LogP contribution in [-0.2, 0) is 13.0 Å². The first-order valence-electron chi connectivity index (χ1n) is 8.73. The number of nitrogens with zero attached hydrogens (tertiary/aromatic N) is 4.